The van der Waals surface area contributed by atoms with E-state index in [0.29, 0.717) is 6.07 Å². The summed E-state index contributed by atoms with van der Waals surface area (Å²) in [5, 5.41) is -0.947. The molecule has 1 nitrogen and oxygen atoms in total. The largest absolute Gasteiger partial charge is 0.511 e. The molecule has 0 fully saturated rings. The third kappa shape index (κ3) is 1.95. The lowest BCUT2D eigenvalue weighted by Crippen LogP contribution is -2.35. The van der Waals surface area contributed by atoms with Crippen LogP contribution < -0.4 is 10.2 Å². The summed E-state index contributed by atoms with van der Waals surface area (Å²) < 4.78 is 54.2. The van der Waals surface area contributed by atoms with E-state index in [1.54, 1.807) is 0 Å². The molecular weight excluding hydrogens is 222 g/mol. The minimum absolute atomic E-state index is 0.307. The van der Waals surface area contributed by atoms with Crippen molar-refractivity contribution in [3.8, 4) is 5.75 Å². The molecule has 0 aliphatic heterocycles. The first-order valence-corrected chi connectivity index (χ1v) is 3.97. The van der Waals surface area contributed by atoms with Gasteiger partial charge in [-0.2, -0.15) is 0 Å². The predicted octanol–water partition coefficient (Wildman–Crippen LogP) is 2.54. The van der Waals surface area contributed by atoms with E-state index in [2.05, 4.69) is 4.74 Å². The molecule has 0 atom stereocenters. The first-order chi connectivity index (χ1) is 6.38. The Labute approximate surface area is 82.7 Å². The summed E-state index contributed by atoms with van der Waals surface area (Å²) in [5.41, 5.74) is -1.15. The Kier molecular flexibility index (Phi) is 2.94. The van der Waals surface area contributed by atoms with Gasteiger partial charge in [-0.25, -0.2) is 4.39 Å². The standard InChI is InChI=1S/C7H5BClF4O/c1-14-5-3-2-4(8(11,12)13)6(9)7(5)10/h2-3H,1H3/q-1. The molecule has 0 saturated carbocycles. The molecule has 7 heteroatoms. The first-order valence-electron chi connectivity index (χ1n) is 3.59. The van der Waals surface area contributed by atoms with Crippen molar-refractivity contribution >= 4 is 24.0 Å². The lowest BCUT2D eigenvalue weighted by Gasteiger charge is -2.17. The number of methoxy groups -OCH3 is 1. The average Bonchev–Trinajstić information content (AvgIpc) is 2.07. The lowest BCUT2D eigenvalue weighted by atomic mass is 9.80. The van der Waals surface area contributed by atoms with Crippen LogP contribution in [0.25, 0.3) is 0 Å². The molecule has 0 bridgehead atoms. The number of benzene rings is 1. The SMILES string of the molecule is COc1ccc([B-](F)(F)F)c(Cl)c1F. The van der Waals surface area contributed by atoms with Gasteiger partial charge >= 0.3 is 6.98 Å². The molecule has 0 unspecified atom stereocenters. The highest BCUT2D eigenvalue weighted by Crippen LogP contribution is 2.25. The van der Waals surface area contributed by atoms with Gasteiger partial charge in [0, 0.05) is 0 Å². The van der Waals surface area contributed by atoms with Crippen LogP contribution >= 0.6 is 11.6 Å². The molecule has 0 aromatic heterocycles. The molecule has 0 radical (unpaired) electrons. The van der Waals surface area contributed by atoms with Crippen molar-refractivity contribution in [2.24, 2.45) is 0 Å². The normalized spacial score (nSPS) is 11.6. The minimum atomic E-state index is -5.30. The van der Waals surface area contributed by atoms with Crippen molar-refractivity contribution in [3.63, 3.8) is 0 Å². The van der Waals surface area contributed by atoms with Gasteiger partial charge in [0.1, 0.15) is 0 Å². The minimum Gasteiger partial charge on any atom is -0.494 e. The van der Waals surface area contributed by atoms with Crippen molar-refractivity contribution in [2.75, 3.05) is 7.11 Å². The zero-order chi connectivity index (χ0) is 10.9. The highest BCUT2D eigenvalue weighted by Gasteiger charge is 2.30. The molecule has 0 spiro atoms. The lowest BCUT2D eigenvalue weighted by molar-refractivity contribution is 0.386. The Morgan fingerprint density at radius 3 is 2.29 bits per heavy atom. The van der Waals surface area contributed by atoms with Gasteiger partial charge in [-0.1, -0.05) is 23.1 Å². The van der Waals surface area contributed by atoms with E-state index in [0.717, 1.165) is 13.2 Å². The maximum Gasteiger partial charge on any atom is 0.511 e. The van der Waals surface area contributed by atoms with Crippen LogP contribution in [-0.4, -0.2) is 14.1 Å². The van der Waals surface area contributed by atoms with Crippen LogP contribution in [0.5, 0.6) is 5.75 Å². The number of hydrogen-bond donors (Lipinski definition) is 0. The molecule has 0 N–H and O–H groups in total. The van der Waals surface area contributed by atoms with E-state index in [-0.39, 0.29) is 5.75 Å². The molecule has 0 heterocycles. The molecule has 1 rings (SSSR count). The summed E-state index contributed by atoms with van der Waals surface area (Å²) in [6, 6.07) is 1.59. The smallest absolute Gasteiger partial charge is 0.494 e. The van der Waals surface area contributed by atoms with Crippen molar-refractivity contribution in [2.45, 2.75) is 0 Å². The average molecular weight is 227 g/mol. The number of halogens is 5. The van der Waals surface area contributed by atoms with E-state index >= 15 is 0 Å². The van der Waals surface area contributed by atoms with Crippen LogP contribution in [-0.2, 0) is 0 Å². The fourth-order valence-electron chi connectivity index (χ4n) is 0.957. The Morgan fingerprint density at radius 2 is 1.86 bits per heavy atom. The summed E-state index contributed by atoms with van der Waals surface area (Å²) in [7, 11) is 1.15. The van der Waals surface area contributed by atoms with Crippen LogP contribution in [0.1, 0.15) is 0 Å². The highest BCUT2D eigenvalue weighted by molar-refractivity contribution is 6.76. The van der Waals surface area contributed by atoms with Gasteiger partial charge in [0.2, 0.25) is 0 Å². The summed E-state index contributed by atoms with van der Waals surface area (Å²) in [6.07, 6.45) is 0. The van der Waals surface area contributed by atoms with Gasteiger partial charge in [-0.05, 0) is 6.07 Å². The van der Waals surface area contributed by atoms with Crippen molar-refractivity contribution in [1.29, 1.82) is 0 Å². The zero-order valence-corrected chi connectivity index (χ0v) is 7.79. The molecule has 78 valence electrons. The third-order valence-corrected chi connectivity index (χ3v) is 2.03. The van der Waals surface area contributed by atoms with Crippen molar-refractivity contribution in [3.05, 3.63) is 23.0 Å². The predicted molar refractivity (Wildman–Crippen MR) is 46.7 cm³/mol. The summed E-state index contributed by atoms with van der Waals surface area (Å²) in [5.74, 6) is -1.50. The van der Waals surface area contributed by atoms with Crippen molar-refractivity contribution in [1.82, 2.24) is 0 Å². The summed E-state index contributed by atoms with van der Waals surface area (Å²) >= 11 is 5.20. The maximum atomic E-state index is 13.0. The topological polar surface area (TPSA) is 9.23 Å². The molecule has 1 aromatic carbocycles. The molecule has 1 aromatic rings. The van der Waals surface area contributed by atoms with Gasteiger partial charge in [0.15, 0.2) is 11.6 Å². The zero-order valence-electron chi connectivity index (χ0n) is 7.03. The van der Waals surface area contributed by atoms with E-state index in [9.17, 15) is 17.3 Å². The van der Waals surface area contributed by atoms with E-state index in [1.165, 1.54) is 0 Å². The quantitative estimate of drug-likeness (QED) is 0.557. The van der Waals surface area contributed by atoms with Gasteiger partial charge in [0.25, 0.3) is 0 Å². The second-order valence-corrected chi connectivity index (χ2v) is 2.94. The van der Waals surface area contributed by atoms with Crippen LogP contribution in [0.4, 0.5) is 17.3 Å². The van der Waals surface area contributed by atoms with E-state index < -0.39 is 23.3 Å². The van der Waals surface area contributed by atoms with Gasteiger partial charge in [0.05, 0.1) is 12.1 Å². The fraction of sp³-hybridized carbons (Fsp3) is 0.143. The Hall–Kier alpha value is -0.905. The Bertz CT molecular complexity index is 352. The number of hydrogen-bond acceptors (Lipinski definition) is 1. The molecule has 0 saturated heterocycles. The van der Waals surface area contributed by atoms with E-state index in [1.807, 2.05) is 0 Å². The molecular formula is C7H5BClF4O-. The molecule has 14 heavy (non-hydrogen) atoms. The number of ether oxygens (including phenoxy) is 1. The van der Waals surface area contributed by atoms with Crippen LogP contribution in [0.3, 0.4) is 0 Å². The Balaban J connectivity index is 3.31. The summed E-state index contributed by atoms with van der Waals surface area (Å²) in [4.78, 5) is 0. The van der Waals surface area contributed by atoms with E-state index in [4.69, 9.17) is 11.6 Å². The van der Waals surface area contributed by atoms with Crippen LogP contribution in [0.15, 0.2) is 12.1 Å². The first kappa shape index (κ1) is 11.2. The number of rotatable bonds is 2. The second-order valence-electron chi connectivity index (χ2n) is 2.56. The van der Waals surface area contributed by atoms with Gasteiger partial charge in [-0.15, -0.1) is 0 Å². The summed E-state index contributed by atoms with van der Waals surface area (Å²) in [6.45, 7) is -5.30. The van der Waals surface area contributed by atoms with Gasteiger partial charge in [-0.3, -0.25) is 0 Å². The molecule has 0 amide bonds. The second kappa shape index (κ2) is 3.69. The molecule has 0 aliphatic rings. The Morgan fingerprint density at radius 1 is 1.29 bits per heavy atom. The third-order valence-electron chi connectivity index (χ3n) is 1.65. The highest BCUT2D eigenvalue weighted by atomic mass is 35.5. The van der Waals surface area contributed by atoms with Gasteiger partial charge < -0.3 is 17.7 Å². The molecule has 0 aliphatic carbocycles. The van der Waals surface area contributed by atoms with Crippen molar-refractivity contribution < 1.29 is 22.1 Å². The van der Waals surface area contributed by atoms with Crippen LogP contribution in [0, 0.1) is 5.82 Å². The van der Waals surface area contributed by atoms with Crippen LogP contribution in [0.2, 0.25) is 5.02 Å². The monoisotopic (exact) mass is 227 g/mol. The maximum absolute atomic E-state index is 13.0. The fourth-order valence-corrected chi connectivity index (χ4v) is 1.24.